The highest BCUT2D eigenvalue weighted by Gasteiger charge is 2.22. The van der Waals surface area contributed by atoms with Crippen molar-refractivity contribution in [2.45, 2.75) is 38.3 Å². The molecule has 27 heavy (non-hydrogen) atoms. The third kappa shape index (κ3) is 5.08. The third-order valence-electron chi connectivity index (χ3n) is 4.00. The Bertz CT molecular complexity index is 904. The van der Waals surface area contributed by atoms with Crippen molar-refractivity contribution < 1.29 is 22.7 Å². The lowest BCUT2D eigenvalue weighted by Gasteiger charge is -2.19. The zero-order valence-electron chi connectivity index (χ0n) is 16.2. The molecule has 0 radical (unpaired) electrons. The summed E-state index contributed by atoms with van der Waals surface area (Å²) < 4.78 is 37.3. The summed E-state index contributed by atoms with van der Waals surface area (Å²) in [7, 11) is -0.809. The van der Waals surface area contributed by atoms with Crippen LogP contribution in [0.4, 0.5) is 0 Å². The SMILES string of the molecule is COC(=O)c1ccc(CN(C)S(=O)(=O)c2ccc(OC(C)C)c(C)c2)cc1. The first-order chi connectivity index (χ1) is 12.6. The van der Waals surface area contributed by atoms with Gasteiger partial charge in [-0.25, -0.2) is 13.2 Å². The monoisotopic (exact) mass is 391 g/mol. The van der Waals surface area contributed by atoms with Crippen LogP contribution in [0.15, 0.2) is 47.4 Å². The zero-order valence-corrected chi connectivity index (χ0v) is 17.0. The number of carbonyl (C=O) groups is 1. The number of benzene rings is 2. The minimum Gasteiger partial charge on any atom is -0.491 e. The van der Waals surface area contributed by atoms with Crippen LogP contribution in [0, 0.1) is 6.92 Å². The lowest BCUT2D eigenvalue weighted by atomic mass is 10.1. The molecule has 0 saturated heterocycles. The molecule has 0 aliphatic heterocycles. The number of carbonyl (C=O) groups excluding carboxylic acids is 1. The van der Waals surface area contributed by atoms with Crippen molar-refractivity contribution in [2.24, 2.45) is 0 Å². The number of aryl methyl sites for hydroxylation is 1. The van der Waals surface area contributed by atoms with Crippen LogP contribution in [-0.2, 0) is 21.3 Å². The molecule has 0 fully saturated rings. The summed E-state index contributed by atoms with van der Waals surface area (Å²) in [6.07, 6.45) is 0.0155. The Morgan fingerprint density at radius 1 is 1.11 bits per heavy atom. The molecule has 7 heteroatoms. The number of rotatable bonds is 7. The normalized spacial score (nSPS) is 11.7. The Hall–Kier alpha value is -2.38. The highest BCUT2D eigenvalue weighted by molar-refractivity contribution is 7.89. The van der Waals surface area contributed by atoms with E-state index in [9.17, 15) is 13.2 Å². The van der Waals surface area contributed by atoms with Crippen molar-refractivity contribution in [2.75, 3.05) is 14.2 Å². The molecule has 2 rings (SSSR count). The third-order valence-corrected chi connectivity index (χ3v) is 5.80. The van der Waals surface area contributed by atoms with Crippen LogP contribution in [0.1, 0.15) is 35.3 Å². The Kier molecular flexibility index (Phi) is 6.62. The molecule has 2 aromatic rings. The van der Waals surface area contributed by atoms with Crippen LogP contribution in [-0.4, -0.2) is 39.0 Å². The van der Waals surface area contributed by atoms with Gasteiger partial charge in [0.25, 0.3) is 0 Å². The van der Waals surface area contributed by atoms with Crippen molar-refractivity contribution >= 4 is 16.0 Å². The lowest BCUT2D eigenvalue weighted by molar-refractivity contribution is 0.0600. The van der Waals surface area contributed by atoms with Gasteiger partial charge in [0, 0.05) is 13.6 Å². The van der Waals surface area contributed by atoms with Gasteiger partial charge in [-0.3, -0.25) is 0 Å². The van der Waals surface area contributed by atoms with E-state index < -0.39 is 16.0 Å². The number of ether oxygens (including phenoxy) is 2. The van der Waals surface area contributed by atoms with E-state index in [1.807, 2.05) is 20.8 Å². The Morgan fingerprint density at radius 2 is 1.74 bits per heavy atom. The molecule has 6 nitrogen and oxygen atoms in total. The Morgan fingerprint density at radius 3 is 2.26 bits per heavy atom. The molecule has 0 heterocycles. The molecule has 0 atom stereocenters. The molecule has 0 N–H and O–H groups in total. The molecule has 2 aromatic carbocycles. The number of esters is 1. The van der Waals surface area contributed by atoms with E-state index in [-0.39, 0.29) is 17.5 Å². The summed E-state index contributed by atoms with van der Waals surface area (Å²) >= 11 is 0. The van der Waals surface area contributed by atoms with E-state index in [1.54, 1.807) is 42.5 Å². The van der Waals surface area contributed by atoms with Gasteiger partial charge in [0.2, 0.25) is 10.0 Å². The van der Waals surface area contributed by atoms with Gasteiger partial charge in [-0.15, -0.1) is 0 Å². The van der Waals surface area contributed by atoms with Crippen molar-refractivity contribution in [1.82, 2.24) is 4.31 Å². The molecule has 0 aromatic heterocycles. The molecule has 0 spiro atoms. The molecular formula is C20H25NO5S. The van der Waals surface area contributed by atoms with Crippen molar-refractivity contribution in [3.63, 3.8) is 0 Å². The van der Waals surface area contributed by atoms with Gasteiger partial charge in [-0.2, -0.15) is 4.31 Å². The fourth-order valence-electron chi connectivity index (χ4n) is 2.55. The summed E-state index contributed by atoms with van der Waals surface area (Å²) in [5.41, 5.74) is 1.95. The molecule has 0 bridgehead atoms. The van der Waals surface area contributed by atoms with E-state index in [4.69, 9.17) is 4.74 Å². The Balaban J connectivity index is 2.18. The van der Waals surface area contributed by atoms with Gasteiger partial charge in [-0.05, 0) is 62.2 Å². The summed E-state index contributed by atoms with van der Waals surface area (Å²) in [5, 5.41) is 0. The highest BCUT2D eigenvalue weighted by Crippen LogP contribution is 2.25. The van der Waals surface area contributed by atoms with Crippen LogP contribution in [0.2, 0.25) is 0 Å². The second-order valence-electron chi connectivity index (χ2n) is 6.54. The van der Waals surface area contributed by atoms with Gasteiger partial charge >= 0.3 is 5.97 Å². The molecule has 0 unspecified atom stereocenters. The smallest absolute Gasteiger partial charge is 0.337 e. The van der Waals surface area contributed by atoms with Gasteiger partial charge in [0.05, 0.1) is 23.7 Å². The minimum atomic E-state index is -3.65. The average Bonchev–Trinajstić information content (AvgIpc) is 2.62. The molecule has 146 valence electrons. The maximum absolute atomic E-state index is 12.9. The minimum absolute atomic E-state index is 0.0155. The first-order valence-corrected chi connectivity index (χ1v) is 10.00. The highest BCUT2D eigenvalue weighted by atomic mass is 32.2. The van der Waals surface area contributed by atoms with Crippen LogP contribution in [0.3, 0.4) is 0 Å². The fourth-order valence-corrected chi connectivity index (χ4v) is 3.80. The van der Waals surface area contributed by atoms with E-state index in [1.165, 1.54) is 18.5 Å². The molecule has 0 saturated carbocycles. The molecule has 0 amide bonds. The Labute approximate surface area is 160 Å². The van der Waals surface area contributed by atoms with E-state index >= 15 is 0 Å². The van der Waals surface area contributed by atoms with E-state index in [0.29, 0.717) is 11.3 Å². The van der Waals surface area contributed by atoms with Gasteiger partial charge in [-0.1, -0.05) is 12.1 Å². The van der Waals surface area contributed by atoms with Crippen LogP contribution in [0.5, 0.6) is 5.75 Å². The molecule has 0 aliphatic carbocycles. The quantitative estimate of drug-likeness (QED) is 0.677. The lowest BCUT2D eigenvalue weighted by Crippen LogP contribution is -2.26. The van der Waals surface area contributed by atoms with Crippen LogP contribution >= 0.6 is 0 Å². The first-order valence-electron chi connectivity index (χ1n) is 8.56. The number of hydrogen-bond donors (Lipinski definition) is 0. The predicted octanol–water partition coefficient (Wildman–Crippen LogP) is 3.39. The molecular weight excluding hydrogens is 366 g/mol. The number of hydrogen-bond acceptors (Lipinski definition) is 5. The van der Waals surface area contributed by atoms with Crippen molar-refractivity contribution in [1.29, 1.82) is 0 Å². The fraction of sp³-hybridized carbons (Fsp3) is 0.350. The summed E-state index contributed by atoms with van der Waals surface area (Å²) in [5.74, 6) is 0.242. The summed E-state index contributed by atoms with van der Waals surface area (Å²) in [6, 6.07) is 11.5. The largest absolute Gasteiger partial charge is 0.491 e. The average molecular weight is 391 g/mol. The number of methoxy groups -OCH3 is 1. The second-order valence-corrected chi connectivity index (χ2v) is 8.59. The predicted molar refractivity (Wildman–Crippen MR) is 103 cm³/mol. The second kappa shape index (κ2) is 8.54. The topological polar surface area (TPSA) is 72.9 Å². The van der Waals surface area contributed by atoms with Crippen LogP contribution in [0.25, 0.3) is 0 Å². The van der Waals surface area contributed by atoms with Crippen molar-refractivity contribution in [3.05, 3.63) is 59.2 Å². The van der Waals surface area contributed by atoms with E-state index in [0.717, 1.165) is 11.1 Å². The zero-order chi connectivity index (χ0) is 20.2. The van der Waals surface area contributed by atoms with Gasteiger partial charge in [0.15, 0.2) is 0 Å². The maximum Gasteiger partial charge on any atom is 0.337 e. The van der Waals surface area contributed by atoms with Gasteiger partial charge in [0.1, 0.15) is 5.75 Å². The summed E-state index contributed by atoms with van der Waals surface area (Å²) in [6.45, 7) is 5.85. The molecule has 0 aliphatic rings. The number of sulfonamides is 1. The van der Waals surface area contributed by atoms with E-state index in [2.05, 4.69) is 4.74 Å². The summed E-state index contributed by atoms with van der Waals surface area (Å²) in [4.78, 5) is 11.7. The standard InChI is InChI=1S/C20H25NO5S/c1-14(2)26-19-11-10-18(12-15(19)3)27(23,24)21(4)13-16-6-8-17(9-7-16)20(22)25-5/h6-12,14H,13H2,1-5H3. The maximum atomic E-state index is 12.9. The number of nitrogens with zero attached hydrogens (tertiary/aromatic N) is 1. The first kappa shape index (κ1) is 20.9. The van der Waals surface area contributed by atoms with Gasteiger partial charge < -0.3 is 9.47 Å². The van der Waals surface area contributed by atoms with Crippen LogP contribution < -0.4 is 4.74 Å². The van der Waals surface area contributed by atoms with Crippen molar-refractivity contribution in [3.8, 4) is 5.75 Å².